The van der Waals surface area contributed by atoms with Gasteiger partial charge in [0.05, 0.1) is 5.39 Å². The lowest BCUT2D eigenvalue weighted by molar-refractivity contribution is 0.101. The van der Waals surface area contributed by atoms with Gasteiger partial charge < -0.3 is 5.32 Å². The van der Waals surface area contributed by atoms with Crippen LogP contribution in [0.25, 0.3) is 32.5 Å². The number of hydrogen-bond donors (Lipinski definition) is 1. The van der Waals surface area contributed by atoms with Gasteiger partial charge in [-0.15, -0.1) is 11.3 Å². The number of carbonyl (C=O) groups excluding carboxylic acids is 1. The molecule has 0 radical (unpaired) electrons. The lowest BCUT2D eigenvalue weighted by atomic mass is 10.0. The zero-order valence-electron chi connectivity index (χ0n) is 16.9. The monoisotopic (exact) mass is 421 g/mol. The molecule has 0 aliphatic heterocycles. The Morgan fingerprint density at radius 2 is 1.48 bits per heavy atom. The summed E-state index contributed by atoms with van der Waals surface area (Å²) < 4.78 is 0. The maximum Gasteiger partial charge on any atom is 0.159 e. The Balaban J connectivity index is 1.51. The molecular formula is C26H19N3OS. The predicted molar refractivity (Wildman–Crippen MR) is 128 cm³/mol. The molecule has 5 aromatic rings. The molecule has 0 saturated carbocycles. The van der Waals surface area contributed by atoms with Crippen molar-refractivity contribution >= 4 is 38.8 Å². The van der Waals surface area contributed by atoms with Crippen LogP contribution in [0.4, 0.5) is 11.5 Å². The van der Waals surface area contributed by atoms with Gasteiger partial charge in [0.15, 0.2) is 5.78 Å². The number of thiophene rings is 1. The number of aromatic nitrogens is 2. The molecule has 0 unspecified atom stereocenters. The van der Waals surface area contributed by atoms with Gasteiger partial charge in [-0.1, -0.05) is 54.6 Å². The lowest BCUT2D eigenvalue weighted by Crippen LogP contribution is -1.97. The number of Topliss-reactive ketones (excluding diaryl/α,β-unsaturated/α-hetero) is 1. The van der Waals surface area contributed by atoms with Crippen LogP contribution < -0.4 is 5.32 Å². The van der Waals surface area contributed by atoms with Gasteiger partial charge in [-0.05, 0) is 47.9 Å². The summed E-state index contributed by atoms with van der Waals surface area (Å²) in [4.78, 5) is 21.4. The van der Waals surface area contributed by atoms with Gasteiger partial charge in [-0.25, -0.2) is 9.97 Å². The van der Waals surface area contributed by atoms with E-state index >= 15 is 0 Å². The van der Waals surface area contributed by atoms with Crippen LogP contribution in [0, 0.1) is 0 Å². The molecule has 0 atom stereocenters. The highest BCUT2D eigenvalue weighted by Crippen LogP contribution is 2.38. The molecule has 0 saturated heterocycles. The van der Waals surface area contributed by atoms with Gasteiger partial charge in [-0.2, -0.15) is 0 Å². The zero-order chi connectivity index (χ0) is 21.2. The Morgan fingerprint density at radius 1 is 0.806 bits per heavy atom. The van der Waals surface area contributed by atoms with Crippen LogP contribution in [-0.2, 0) is 0 Å². The first-order chi connectivity index (χ1) is 15.2. The average molecular weight is 422 g/mol. The number of nitrogens with one attached hydrogen (secondary N) is 1. The van der Waals surface area contributed by atoms with Crippen LogP contribution in [0.15, 0.2) is 90.6 Å². The Morgan fingerprint density at radius 3 is 2.19 bits per heavy atom. The Bertz CT molecular complexity index is 1360. The van der Waals surface area contributed by atoms with Crippen LogP contribution in [-0.4, -0.2) is 15.8 Å². The molecule has 2 heterocycles. The Labute approximate surface area is 184 Å². The summed E-state index contributed by atoms with van der Waals surface area (Å²) in [5.74, 6) is 0.805. The fourth-order valence-electron chi connectivity index (χ4n) is 3.58. The second-order valence-electron chi connectivity index (χ2n) is 7.25. The largest absolute Gasteiger partial charge is 0.340 e. The highest BCUT2D eigenvalue weighted by molar-refractivity contribution is 7.17. The zero-order valence-corrected chi connectivity index (χ0v) is 17.7. The fourth-order valence-corrected chi connectivity index (χ4v) is 4.50. The van der Waals surface area contributed by atoms with E-state index in [0.717, 1.165) is 32.8 Å². The molecule has 0 spiro atoms. The average Bonchev–Trinajstić information content (AvgIpc) is 3.25. The minimum Gasteiger partial charge on any atom is -0.340 e. The first-order valence-electron chi connectivity index (χ1n) is 9.95. The smallest absolute Gasteiger partial charge is 0.159 e. The van der Waals surface area contributed by atoms with Crippen molar-refractivity contribution < 1.29 is 4.79 Å². The van der Waals surface area contributed by atoms with Crippen molar-refractivity contribution in [3.63, 3.8) is 0 Å². The molecule has 31 heavy (non-hydrogen) atoms. The third-order valence-corrected chi connectivity index (χ3v) is 6.11. The molecule has 3 aromatic carbocycles. The molecule has 0 aliphatic rings. The number of anilines is 2. The van der Waals surface area contributed by atoms with Gasteiger partial charge in [0, 0.05) is 22.2 Å². The first-order valence-corrected chi connectivity index (χ1v) is 10.8. The van der Waals surface area contributed by atoms with E-state index in [1.807, 2.05) is 42.5 Å². The standard InChI is InChI=1S/C26H19N3OS/c1-17(30)18-11-13-22(14-12-18)29-25-24-23(15-31-26(24)28-16-27-25)21-9-7-20(8-10-21)19-5-3-2-4-6-19/h2-16H,1H3,(H,27,28,29). The van der Waals surface area contributed by atoms with Crippen molar-refractivity contribution in [3.05, 3.63) is 96.1 Å². The summed E-state index contributed by atoms with van der Waals surface area (Å²) >= 11 is 1.60. The molecule has 0 amide bonds. The lowest BCUT2D eigenvalue weighted by Gasteiger charge is -2.09. The second-order valence-corrected chi connectivity index (χ2v) is 8.11. The van der Waals surface area contributed by atoms with Crippen LogP contribution in [0.1, 0.15) is 17.3 Å². The number of fused-ring (bicyclic) bond motifs is 1. The molecule has 5 heteroatoms. The van der Waals surface area contributed by atoms with Crippen molar-refractivity contribution in [2.75, 3.05) is 5.32 Å². The van der Waals surface area contributed by atoms with Gasteiger partial charge in [0.1, 0.15) is 17.0 Å². The van der Waals surface area contributed by atoms with Gasteiger partial charge in [0.2, 0.25) is 0 Å². The number of ketones is 1. The molecular weight excluding hydrogens is 402 g/mol. The van der Waals surface area contributed by atoms with Crippen molar-refractivity contribution in [3.8, 4) is 22.3 Å². The molecule has 0 fully saturated rings. The van der Waals surface area contributed by atoms with E-state index in [4.69, 9.17) is 0 Å². The molecule has 0 bridgehead atoms. The third-order valence-electron chi connectivity index (χ3n) is 5.23. The summed E-state index contributed by atoms with van der Waals surface area (Å²) in [6, 6.07) is 26.3. The van der Waals surface area contributed by atoms with Crippen LogP contribution >= 0.6 is 11.3 Å². The molecule has 0 aliphatic carbocycles. The first kappa shape index (κ1) is 19.2. The van der Waals surface area contributed by atoms with E-state index in [9.17, 15) is 4.79 Å². The minimum absolute atomic E-state index is 0.0510. The van der Waals surface area contributed by atoms with Crippen LogP contribution in [0.2, 0.25) is 0 Å². The van der Waals surface area contributed by atoms with Crippen molar-refractivity contribution in [2.45, 2.75) is 6.92 Å². The number of rotatable bonds is 5. The summed E-state index contributed by atoms with van der Waals surface area (Å²) in [7, 11) is 0. The van der Waals surface area contributed by atoms with E-state index in [1.165, 1.54) is 11.1 Å². The van der Waals surface area contributed by atoms with Crippen LogP contribution in [0.5, 0.6) is 0 Å². The Kier molecular flexibility index (Phi) is 5.02. The van der Waals surface area contributed by atoms with E-state index in [2.05, 4.69) is 57.1 Å². The topological polar surface area (TPSA) is 54.9 Å². The summed E-state index contributed by atoms with van der Waals surface area (Å²) in [5.41, 5.74) is 6.17. The molecule has 1 N–H and O–H groups in total. The number of carbonyl (C=O) groups is 1. The predicted octanol–water partition coefficient (Wildman–Crippen LogP) is 6.97. The highest BCUT2D eigenvalue weighted by Gasteiger charge is 2.14. The van der Waals surface area contributed by atoms with Crippen molar-refractivity contribution in [1.29, 1.82) is 0 Å². The van der Waals surface area contributed by atoms with E-state index in [1.54, 1.807) is 24.6 Å². The van der Waals surface area contributed by atoms with Crippen molar-refractivity contribution in [2.24, 2.45) is 0 Å². The SMILES string of the molecule is CC(=O)c1ccc(Nc2ncnc3scc(-c4ccc(-c5ccccc5)cc4)c23)cc1. The molecule has 2 aromatic heterocycles. The highest BCUT2D eigenvalue weighted by atomic mass is 32.1. The molecule has 150 valence electrons. The van der Waals surface area contributed by atoms with E-state index in [-0.39, 0.29) is 5.78 Å². The van der Waals surface area contributed by atoms with Crippen LogP contribution in [0.3, 0.4) is 0 Å². The summed E-state index contributed by atoms with van der Waals surface area (Å²) in [6.07, 6.45) is 1.58. The minimum atomic E-state index is 0.0510. The number of hydrogen-bond acceptors (Lipinski definition) is 5. The summed E-state index contributed by atoms with van der Waals surface area (Å²) in [6.45, 7) is 1.57. The molecule has 4 nitrogen and oxygen atoms in total. The second kappa shape index (κ2) is 8.13. The van der Waals surface area contributed by atoms with Crippen molar-refractivity contribution in [1.82, 2.24) is 9.97 Å². The quantitative estimate of drug-likeness (QED) is 0.311. The maximum atomic E-state index is 11.5. The maximum absolute atomic E-state index is 11.5. The molecule has 5 rings (SSSR count). The van der Waals surface area contributed by atoms with Gasteiger partial charge in [-0.3, -0.25) is 4.79 Å². The Hall–Kier alpha value is -3.83. The van der Waals surface area contributed by atoms with E-state index in [0.29, 0.717) is 5.56 Å². The third kappa shape index (κ3) is 3.83. The number of benzene rings is 3. The number of nitrogens with zero attached hydrogens (tertiary/aromatic N) is 2. The summed E-state index contributed by atoms with van der Waals surface area (Å²) in [5, 5.41) is 6.51. The van der Waals surface area contributed by atoms with Gasteiger partial charge >= 0.3 is 0 Å². The van der Waals surface area contributed by atoms with E-state index < -0.39 is 0 Å². The fraction of sp³-hybridized carbons (Fsp3) is 0.0385. The normalized spacial score (nSPS) is 10.9. The van der Waals surface area contributed by atoms with Gasteiger partial charge in [0.25, 0.3) is 0 Å².